The summed E-state index contributed by atoms with van der Waals surface area (Å²) in [6, 6.07) is 3.91. The fourth-order valence-electron chi connectivity index (χ4n) is 2.16. The van der Waals surface area contributed by atoms with Crippen LogP contribution in [0.15, 0.2) is 18.2 Å². The fourth-order valence-corrected chi connectivity index (χ4v) is 2.16. The van der Waals surface area contributed by atoms with Gasteiger partial charge in [-0.1, -0.05) is 0 Å². The molecule has 1 amide bonds. The molecule has 0 aromatic heterocycles. The second-order valence-electron chi connectivity index (χ2n) is 4.96. The molecular weight excluding hydrogens is 262 g/mol. The number of nitrogens with two attached hydrogens (primary N) is 1. The van der Waals surface area contributed by atoms with Gasteiger partial charge in [0, 0.05) is 24.3 Å². The summed E-state index contributed by atoms with van der Waals surface area (Å²) in [5, 5.41) is 22.6. The Labute approximate surface area is 115 Å². The minimum atomic E-state index is -0.613. The zero-order chi connectivity index (χ0) is 14.7. The van der Waals surface area contributed by atoms with Gasteiger partial charge in [0.05, 0.1) is 4.92 Å². The Kier molecular flexibility index (Phi) is 4.19. The highest BCUT2D eigenvalue weighted by molar-refractivity contribution is 5.95. The Bertz CT molecular complexity index is 528. The van der Waals surface area contributed by atoms with E-state index in [9.17, 15) is 14.9 Å². The molecule has 1 atom stereocenters. The highest BCUT2D eigenvalue weighted by Gasteiger charge is 2.32. The van der Waals surface area contributed by atoms with Crippen LogP contribution in [0, 0.1) is 16.0 Å². The van der Waals surface area contributed by atoms with Gasteiger partial charge in [0.1, 0.15) is 5.69 Å². The molecule has 0 bridgehead atoms. The first-order chi connectivity index (χ1) is 9.52. The third-order valence-corrected chi connectivity index (χ3v) is 3.44. The number of aliphatic hydroxyl groups excluding tert-OH is 1. The van der Waals surface area contributed by atoms with Gasteiger partial charge in [-0.25, -0.2) is 0 Å². The standard InChI is InChI=1S/C13H17N3O4/c14-10-4-3-9(7-12(10)16(19)20)13(18)15-11(5-6-17)8-1-2-8/h3-4,7-8,11,17H,1-2,5-6,14H2,(H,15,18). The average molecular weight is 279 g/mol. The van der Waals surface area contributed by atoms with E-state index in [1.54, 1.807) is 0 Å². The lowest BCUT2D eigenvalue weighted by molar-refractivity contribution is -0.383. The third kappa shape index (κ3) is 3.24. The van der Waals surface area contributed by atoms with Gasteiger partial charge in [-0.3, -0.25) is 14.9 Å². The van der Waals surface area contributed by atoms with Crippen LogP contribution in [0.5, 0.6) is 0 Å². The first-order valence-corrected chi connectivity index (χ1v) is 6.48. The van der Waals surface area contributed by atoms with Crippen molar-refractivity contribution in [3.63, 3.8) is 0 Å². The smallest absolute Gasteiger partial charge is 0.292 e. The number of nitro benzene ring substituents is 1. The topological polar surface area (TPSA) is 118 Å². The van der Waals surface area contributed by atoms with Gasteiger partial charge in [0.25, 0.3) is 11.6 Å². The first-order valence-electron chi connectivity index (χ1n) is 6.48. The number of aliphatic hydroxyl groups is 1. The quantitative estimate of drug-likeness (QED) is 0.409. The lowest BCUT2D eigenvalue weighted by atomic mass is 10.1. The monoisotopic (exact) mass is 279 g/mol. The number of hydrogen-bond donors (Lipinski definition) is 3. The van der Waals surface area contributed by atoms with Crippen molar-refractivity contribution >= 4 is 17.3 Å². The number of nitro groups is 1. The van der Waals surface area contributed by atoms with Crippen LogP contribution >= 0.6 is 0 Å². The van der Waals surface area contributed by atoms with Gasteiger partial charge >= 0.3 is 0 Å². The van der Waals surface area contributed by atoms with Crippen molar-refractivity contribution in [3.05, 3.63) is 33.9 Å². The molecule has 1 unspecified atom stereocenters. The van der Waals surface area contributed by atoms with Crippen LogP contribution in [0.25, 0.3) is 0 Å². The molecule has 1 aliphatic carbocycles. The molecule has 20 heavy (non-hydrogen) atoms. The Morgan fingerprint density at radius 1 is 1.55 bits per heavy atom. The molecule has 0 aliphatic heterocycles. The first kappa shape index (κ1) is 14.3. The van der Waals surface area contributed by atoms with E-state index in [0.717, 1.165) is 12.8 Å². The second kappa shape index (κ2) is 5.87. The van der Waals surface area contributed by atoms with E-state index in [4.69, 9.17) is 10.8 Å². The number of nitrogen functional groups attached to an aromatic ring is 1. The van der Waals surface area contributed by atoms with Gasteiger partial charge in [0.2, 0.25) is 0 Å². The predicted octanol–water partition coefficient (Wildman–Crippen LogP) is 1.07. The summed E-state index contributed by atoms with van der Waals surface area (Å²) < 4.78 is 0. The minimum absolute atomic E-state index is 0.00331. The second-order valence-corrected chi connectivity index (χ2v) is 4.96. The van der Waals surface area contributed by atoms with Crippen molar-refractivity contribution in [3.8, 4) is 0 Å². The van der Waals surface area contributed by atoms with Crippen molar-refractivity contribution in [2.75, 3.05) is 12.3 Å². The molecule has 7 nitrogen and oxygen atoms in total. The van der Waals surface area contributed by atoms with Crippen LogP contribution in [-0.2, 0) is 0 Å². The van der Waals surface area contributed by atoms with Gasteiger partial charge < -0.3 is 16.2 Å². The Balaban J connectivity index is 2.12. The lowest BCUT2D eigenvalue weighted by Gasteiger charge is -2.17. The summed E-state index contributed by atoms with van der Waals surface area (Å²) >= 11 is 0. The molecule has 0 radical (unpaired) electrons. The van der Waals surface area contributed by atoms with Crippen LogP contribution in [0.4, 0.5) is 11.4 Å². The maximum atomic E-state index is 12.1. The summed E-state index contributed by atoms with van der Waals surface area (Å²) in [5.74, 6) is 0.0216. The van der Waals surface area contributed by atoms with E-state index in [1.807, 2.05) is 0 Å². The molecule has 0 saturated heterocycles. The molecule has 7 heteroatoms. The molecule has 1 saturated carbocycles. The zero-order valence-corrected chi connectivity index (χ0v) is 10.9. The average Bonchev–Trinajstić information content (AvgIpc) is 3.22. The molecule has 4 N–H and O–H groups in total. The van der Waals surface area contributed by atoms with Gasteiger partial charge in [-0.15, -0.1) is 0 Å². The van der Waals surface area contributed by atoms with Crippen molar-refractivity contribution < 1.29 is 14.8 Å². The lowest BCUT2D eigenvalue weighted by Crippen LogP contribution is -2.37. The number of carbonyl (C=O) groups is 1. The number of nitrogens with one attached hydrogen (secondary N) is 1. The number of carbonyl (C=O) groups excluding carboxylic acids is 1. The van der Waals surface area contributed by atoms with Crippen LogP contribution in [-0.4, -0.2) is 28.6 Å². The number of amides is 1. The van der Waals surface area contributed by atoms with E-state index < -0.39 is 4.92 Å². The summed E-state index contributed by atoms with van der Waals surface area (Å²) in [5.41, 5.74) is 5.45. The maximum Gasteiger partial charge on any atom is 0.292 e. The SMILES string of the molecule is Nc1ccc(C(=O)NC(CCO)C2CC2)cc1[N+](=O)[O-]. The zero-order valence-electron chi connectivity index (χ0n) is 10.9. The predicted molar refractivity (Wildman–Crippen MR) is 73.2 cm³/mol. The van der Waals surface area contributed by atoms with Crippen molar-refractivity contribution in [2.24, 2.45) is 5.92 Å². The number of anilines is 1. The highest BCUT2D eigenvalue weighted by atomic mass is 16.6. The van der Waals surface area contributed by atoms with Crippen LogP contribution in [0.3, 0.4) is 0 Å². The van der Waals surface area contributed by atoms with Crippen molar-refractivity contribution in [1.82, 2.24) is 5.32 Å². The third-order valence-electron chi connectivity index (χ3n) is 3.44. The Morgan fingerprint density at radius 3 is 2.80 bits per heavy atom. The molecular formula is C13H17N3O4. The number of rotatable bonds is 6. The van der Waals surface area contributed by atoms with Crippen LogP contribution in [0.2, 0.25) is 0 Å². The Morgan fingerprint density at radius 2 is 2.25 bits per heavy atom. The van der Waals surface area contributed by atoms with Crippen LogP contribution < -0.4 is 11.1 Å². The molecule has 1 aromatic rings. The molecule has 2 rings (SSSR count). The normalized spacial score (nSPS) is 15.7. The number of hydrogen-bond acceptors (Lipinski definition) is 5. The van der Waals surface area contributed by atoms with E-state index in [-0.39, 0.29) is 35.5 Å². The van der Waals surface area contributed by atoms with E-state index in [1.165, 1.54) is 18.2 Å². The van der Waals surface area contributed by atoms with E-state index >= 15 is 0 Å². The van der Waals surface area contributed by atoms with Crippen molar-refractivity contribution in [1.29, 1.82) is 0 Å². The largest absolute Gasteiger partial charge is 0.396 e. The summed E-state index contributed by atoms with van der Waals surface area (Å²) in [4.78, 5) is 22.3. The van der Waals surface area contributed by atoms with Crippen molar-refractivity contribution in [2.45, 2.75) is 25.3 Å². The molecule has 0 spiro atoms. The van der Waals surface area contributed by atoms with Gasteiger partial charge in [0.15, 0.2) is 0 Å². The molecule has 1 fully saturated rings. The summed E-state index contributed by atoms with van der Waals surface area (Å²) in [6.07, 6.45) is 2.56. The number of nitrogens with zero attached hydrogens (tertiary/aromatic N) is 1. The van der Waals surface area contributed by atoms with E-state index in [0.29, 0.717) is 12.3 Å². The van der Waals surface area contributed by atoms with Crippen LogP contribution in [0.1, 0.15) is 29.6 Å². The van der Waals surface area contributed by atoms with E-state index in [2.05, 4.69) is 5.32 Å². The highest BCUT2D eigenvalue weighted by Crippen LogP contribution is 2.34. The molecule has 1 aliphatic rings. The maximum absolute atomic E-state index is 12.1. The van der Waals surface area contributed by atoms with Gasteiger partial charge in [-0.2, -0.15) is 0 Å². The minimum Gasteiger partial charge on any atom is -0.396 e. The summed E-state index contributed by atoms with van der Waals surface area (Å²) in [6.45, 7) is 0.00331. The summed E-state index contributed by atoms with van der Waals surface area (Å²) in [7, 11) is 0. The Hall–Kier alpha value is -2.15. The molecule has 0 heterocycles. The number of benzene rings is 1. The fraction of sp³-hybridized carbons (Fsp3) is 0.462. The molecule has 108 valence electrons. The molecule has 1 aromatic carbocycles. The van der Waals surface area contributed by atoms with Gasteiger partial charge in [-0.05, 0) is 37.3 Å².